The maximum atomic E-state index is 9.15. The summed E-state index contributed by atoms with van der Waals surface area (Å²) in [7, 11) is 3.64. The summed E-state index contributed by atoms with van der Waals surface area (Å²) in [6.45, 7) is 6.68. The predicted molar refractivity (Wildman–Crippen MR) is 73.5 cm³/mol. The van der Waals surface area contributed by atoms with E-state index < -0.39 is 5.54 Å². The molecule has 98 valence electrons. The Balaban J connectivity index is 2.99. The standard InChI is InChI=1S/C15H22N2O/c1-6-12-7-8-14(18-5)13(9-12)10-17(4)15(2,3)11-16/h7-9H,6,10H2,1-5H3. The Morgan fingerprint density at radius 3 is 2.56 bits per heavy atom. The van der Waals surface area contributed by atoms with Crippen LogP contribution in [0, 0.1) is 11.3 Å². The molecule has 0 amide bonds. The number of rotatable bonds is 5. The number of hydrogen-bond donors (Lipinski definition) is 0. The summed E-state index contributed by atoms with van der Waals surface area (Å²) >= 11 is 0. The van der Waals surface area contributed by atoms with Crippen LogP contribution in [0.4, 0.5) is 0 Å². The lowest BCUT2D eigenvalue weighted by Crippen LogP contribution is -2.39. The van der Waals surface area contributed by atoms with Crippen molar-refractivity contribution >= 4 is 0 Å². The van der Waals surface area contributed by atoms with Crippen LogP contribution >= 0.6 is 0 Å². The van der Waals surface area contributed by atoms with Crippen LogP contribution < -0.4 is 4.74 Å². The number of nitrogens with zero attached hydrogens (tertiary/aromatic N) is 2. The Morgan fingerprint density at radius 2 is 2.06 bits per heavy atom. The molecule has 0 N–H and O–H groups in total. The van der Waals surface area contributed by atoms with E-state index in [-0.39, 0.29) is 0 Å². The third kappa shape index (κ3) is 3.24. The van der Waals surface area contributed by atoms with Crippen molar-refractivity contribution < 1.29 is 4.74 Å². The van der Waals surface area contributed by atoms with Crippen LogP contribution in [0.15, 0.2) is 18.2 Å². The summed E-state index contributed by atoms with van der Waals surface area (Å²) in [5, 5.41) is 9.15. The topological polar surface area (TPSA) is 36.3 Å². The highest BCUT2D eigenvalue weighted by Crippen LogP contribution is 2.24. The van der Waals surface area contributed by atoms with Crippen molar-refractivity contribution in [1.82, 2.24) is 4.90 Å². The number of methoxy groups -OCH3 is 1. The fraction of sp³-hybridized carbons (Fsp3) is 0.533. The van der Waals surface area contributed by atoms with E-state index in [1.165, 1.54) is 5.56 Å². The first-order chi connectivity index (χ1) is 8.44. The van der Waals surface area contributed by atoms with Gasteiger partial charge in [-0.15, -0.1) is 0 Å². The van der Waals surface area contributed by atoms with Gasteiger partial charge in [0.05, 0.1) is 13.2 Å². The fourth-order valence-corrected chi connectivity index (χ4v) is 1.71. The van der Waals surface area contributed by atoms with Crippen molar-refractivity contribution in [1.29, 1.82) is 5.26 Å². The molecule has 0 radical (unpaired) electrons. The Bertz CT molecular complexity index is 446. The second-order valence-electron chi connectivity index (χ2n) is 5.03. The molecule has 1 aromatic rings. The van der Waals surface area contributed by atoms with Crippen molar-refractivity contribution in [2.75, 3.05) is 14.2 Å². The lowest BCUT2D eigenvalue weighted by Gasteiger charge is -2.29. The van der Waals surface area contributed by atoms with E-state index in [1.54, 1.807) is 7.11 Å². The molecule has 0 fully saturated rings. The maximum Gasteiger partial charge on any atom is 0.123 e. The number of benzene rings is 1. The molecule has 1 rings (SSSR count). The van der Waals surface area contributed by atoms with Crippen LogP contribution in [-0.4, -0.2) is 24.6 Å². The first-order valence-corrected chi connectivity index (χ1v) is 6.23. The maximum absolute atomic E-state index is 9.15. The van der Waals surface area contributed by atoms with Gasteiger partial charge in [0.1, 0.15) is 11.3 Å². The SMILES string of the molecule is CCc1ccc(OC)c(CN(C)C(C)(C)C#N)c1. The van der Waals surface area contributed by atoms with E-state index in [4.69, 9.17) is 10.00 Å². The van der Waals surface area contributed by atoms with Gasteiger partial charge in [0.15, 0.2) is 0 Å². The minimum atomic E-state index is -0.479. The Hall–Kier alpha value is -1.53. The molecule has 0 bridgehead atoms. The largest absolute Gasteiger partial charge is 0.496 e. The summed E-state index contributed by atoms with van der Waals surface area (Å²) in [6, 6.07) is 8.55. The molecule has 0 aliphatic carbocycles. The summed E-state index contributed by atoms with van der Waals surface area (Å²) in [5.74, 6) is 0.882. The molecule has 3 nitrogen and oxygen atoms in total. The van der Waals surface area contributed by atoms with Crippen molar-refractivity contribution in [2.24, 2.45) is 0 Å². The minimum Gasteiger partial charge on any atom is -0.496 e. The van der Waals surface area contributed by atoms with Crippen molar-refractivity contribution in [3.8, 4) is 11.8 Å². The normalized spacial score (nSPS) is 11.4. The zero-order valence-corrected chi connectivity index (χ0v) is 11.9. The van der Waals surface area contributed by atoms with Gasteiger partial charge in [-0.2, -0.15) is 5.26 Å². The molecule has 0 spiro atoms. The Kier molecular flexibility index (Phi) is 4.75. The van der Waals surface area contributed by atoms with Crippen LogP contribution in [0.3, 0.4) is 0 Å². The molecule has 18 heavy (non-hydrogen) atoms. The van der Waals surface area contributed by atoms with Crippen LogP contribution in [-0.2, 0) is 13.0 Å². The van der Waals surface area contributed by atoms with Gasteiger partial charge < -0.3 is 4.74 Å². The van der Waals surface area contributed by atoms with E-state index in [9.17, 15) is 0 Å². The first kappa shape index (κ1) is 14.5. The molecule has 0 saturated heterocycles. The first-order valence-electron chi connectivity index (χ1n) is 6.23. The van der Waals surface area contributed by atoms with Crippen molar-refractivity contribution in [3.63, 3.8) is 0 Å². The summed E-state index contributed by atoms with van der Waals surface area (Å²) in [4.78, 5) is 2.03. The van der Waals surface area contributed by atoms with E-state index in [2.05, 4.69) is 25.1 Å². The number of ether oxygens (including phenoxy) is 1. The number of hydrogen-bond acceptors (Lipinski definition) is 3. The minimum absolute atomic E-state index is 0.479. The Morgan fingerprint density at radius 1 is 1.39 bits per heavy atom. The third-order valence-corrected chi connectivity index (χ3v) is 3.39. The predicted octanol–water partition coefficient (Wildman–Crippen LogP) is 2.99. The monoisotopic (exact) mass is 246 g/mol. The quantitative estimate of drug-likeness (QED) is 0.801. The zero-order chi connectivity index (χ0) is 13.8. The smallest absolute Gasteiger partial charge is 0.123 e. The second kappa shape index (κ2) is 5.88. The van der Waals surface area contributed by atoms with Crippen LogP contribution in [0.2, 0.25) is 0 Å². The molecule has 0 heterocycles. The second-order valence-corrected chi connectivity index (χ2v) is 5.03. The highest BCUT2D eigenvalue weighted by molar-refractivity contribution is 5.37. The molecule has 0 atom stereocenters. The molecular weight excluding hydrogens is 224 g/mol. The van der Waals surface area contributed by atoms with Gasteiger partial charge in [-0.25, -0.2) is 0 Å². The van der Waals surface area contributed by atoms with Crippen LogP contribution in [0.5, 0.6) is 5.75 Å². The molecule has 3 heteroatoms. The van der Waals surface area contributed by atoms with Gasteiger partial charge in [-0.3, -0.25) is 4.90 Å². The molecule has 0 unspecified atom stereocenters. The van der Waals surface area contributed by atoms with Crippen LogP contribution in [0.1, 0.15) is 31.9 Å². The van der Waals surface area contributed by atoms with E-state index in [1.807, 2.05) is 31.9 Å². The highest BCUT2D eigenvalue weighted by Gasteiger charge is 2.23. The fourth-order valence-electron chi connectivity index (χ4n) is 1.71. The molecule has 1 aromatic carbocycles. The Labute approximate surface area is 110 Å². The average molecular weight is 246 g/mol. The van der Waals surface area contributed by atoms with Crippen LogP contribution in [0.25, 0.3) is 0 Å². The van der Waals surface area contributed by atoms with Gasteiger partial charge in [-0.1, -0.05) is 19.1 Å². The summed E-state index contributed by atoms with van der Waals surface area (Å²) in [5.41, 5.74) is 1.93. The molecular formula is C15H22N2O. The van der Waals surface area contributed by atoms with E-state index in [0.717, 1.165) is 17.7 Å². The number of nitriles is 1. The van der Waals surface area contributed by atoms with Crippen molar-refractivity contribution in [2.45, 2.75) is 39.3 Å². The van der Waals surface area contributed by atoms with Gasteiger partial charge in [0.25, 0.3) is 0 Å². The van der Waals surface area contributed by atoms with Gasteiger partial charge in [0, 0.05) is 12.1 Å². The molecule has 0 aromatic heterocycles. The average Bonchev–Trinajstić information content (AvgIpc) is 2.38. The van der Waals surface area contributed by atoms with Gasteiger partial charge >= 0.3 is 0 Å². The highest BCUT2D eigenvalue weighted by atomic mass is 16.5. The summed E-state index contributed by atoms with van der Waals surface area (Å²) < 4.78 is 5.38. The number of aryl methyl sites for hydroxylation is 1. The lowest BCUT2D eigenvalue weighted by molar-refractivity contribution is 0.200. The molecule has 0 aliphatic rings. The van der Waals surface area contributed by atoms with Gasteiger partial charge in [-0.05, 0) is 38.9 Å². The summed E-state index contributed by atoms with van der Waals surface area (Å²) in [6.07, 6.45) is 1.00. The van der Waals surface area contributed by atoms with E-state index >= 15 is 0 Å². The molecule has 0 aliphatic heterocycles. The van der Waals surface area contributed by atoms with E-state index in [0.29, 0.717) is 6.54 Å². The van der Waals surface area contributed by atoms with Crippen molar-refractivity contribution in [3.05, 3.63) is 29.3 Å². The molecule has 0 saturated carbocycles. The third-order valence-electron chi connectivity index (χ3n) is 3.39. The van der Waals surface area contributed by atoms with Gasteiger partial charge in [0.2, 0.25) is 0 Å². The zero-order valence-electron chi connectivity index (χ0n) is 11.9. The lowest BCUT2D eigenvalue weighted by atomic mass is 10.0.